The fourth-order valence-corrected chi connectivity index (χ4v) is 0.289. The molecule has 2 N–H and O–H groups in total. The van der Waals surface area contributed by atoms with Crippen molar-refractivity contribution in [3.05, 3.63) is 0 Å². The minimum absolute atomic E-state index is 0.0648. The molecule has 0 aromatic heterocycles. The van der Waals surface area contributed by atoms with Gasteiger partial charge in [0.15, 0.2) is 0 Å². The Kier molecular flexibility index (Phi) is 15.2. The van der Waals surface area contributed by atoms with Crippen molar-refractivity contribution in [3.63, 3.8) is 0 Å². The molecule has 0 bridgehead atoms. The molecule has 0 aromatic carbocycles. The molecule has 55 valence electrons. The summed E-state index contributed by atoms with van der Waals surface area (Å²) in [4.78, 5) is 0. The molecule has 0 aliphatic rings. The van der Waals surface area contributed by atoms with Gasteiger partial charge in [0, 0.05) is 0 Å². The molecule has 0 atom stereocenters. The average Bonchev–Trinajstić information content (AvgIpc) is 1.88. The molecule has 9 heavy (non-hydrogen) atoms. The fourth-order valence-electron chi connectivity index (χ4n) is 0.289. The Morgan fingerprint density at radius 3 is 1.67 bits per heavy atom. The second-order valence-electron chi connectivity index (χ2n) is 1.56. The molecule has 0 saturated carbocycles. The quantitative estimate of drug-likeness (QED) is 0.591. The first kappa shape index (κ1) is 12.1. The Bertz CT molecular complexity index is 54.2. The predicted octanol–water partition coefficient (Wildman–Crippen LogP) is 0.489. The summed E-state index contributed by atoms with van der Waals surface area (Å²) in [5.41, 5.74) is 0. The van der Waals surface area contributed by atoms with E-state index >= 15 is 0 Å². The third-order valence-electron chi connectivity index (χ3n) is 0.942. The molecule has 3 nitrogen and oxygen atoms in total. The average molecular weight is 169 g/mol. The standard InChI is InChI=1S/C5H12O.H2O.O.Ti/c1-3-5(6)4-2;;;/h5-6H,3-4H2,1-2H3;1H2;;/q;;;+1/p-1. The Hall–Kier alpha value is 0.434. The number of hydrogen-bond donors (Lipinski definition) is 2. The molecule has 4 heteroatoms. The molecule has 0 saturated heterocycles. The molecule has 0 heterocycles. The minimum atomic E-state index is -1.75. The Balaban J connectivity index is 0. The summed E-state index contributed by atoms with van der Waals surface area (Å²) in [7, 11) is 0. The van der Waals surface area contributed by atoms with Crippen molar-refractivity contribution in [2.24, 2.45) is 0 Å². The van der Waals surface area contributed by atoms with Crippen molar-refractivity contribution in [3.8, 4) is 0 Å². The second-order valence-corrected chi connectivity index (χ2v) is 1.85. The van der Waals surface area contributed by atoms with Crippen LogP contribution < -0.4 is 0 Å². The number of aliphatic hydroxyl groups excluding tert-OH is 1. The first-order valence-corrected chi connectivity index (χ1v) is 4.25. The van der Waals surface area contributed by atoms with Crippen LogP contribution in [0.4, 0.5) is 0 Å². The van der Waals surface area contributed by atoms with Crippen LogP contribution in [0.3, 0.4) is 0 Å². The third-order valence-corrected chi connectivity index (χ3v) is 0.942. The Morgan fingerprint density at radius 2 is 1.67 bits per heavy atom. The summed E-state index contributed by atoms with van der Waals surface area (Å²) in [6, 6.07) is 0. The van der Waals surface area contributed by atoms with Crippen molar-refractivity contribution in [1.29, 1.82) is 0 Å². The van der Waals surface area contributed by atoms with Crippen molar-refractivity contribution in [1.82, 2.24) is 0 Å². The molecule has 0 unspecified atom stereocenters. The van der Waals surface area contributed by atoms with E-state index < -0.39 is 19.5 Å². The second kappa shape index (κ2) is 11.3. The molecule has 0 rings (SSSR count). The third kappa shape index (κ3) is 17.8. The molecule has 0 amide bonds. The van der Waals surface area contributed by atoms with E-state index in [4.69, 9.17) is 12.1 Å². The van der Waals surface area contributed by atoms with Crippen LogP contribution >= 0.6 is 0 Å². The van der Waals surface area contributed by atoms with Crippen LogP contribution in [0.15, 0.2) is 0 Å². The molecule has 0 aromatic rings. The molecule has 0 radical (unpaired) electrons. The van der Waals surface area contributed by atoms with Gasteiger partial charge in [-0.1, -0.05) is 13.8 Å². The predicted molar refractivity (Wildman–Crippen MR) is 29.5 cm³/mol. The van der Waals surface area contributed by atoms with E-state index in [1.807, 2.05) is 13.8 Å². The number of aliphatic hydroxyl groups is 1. The summed E-state index contributed by atoms with van der Waals surface area (Å²) in [5.74, 6) is 0. The van der Waals surface area contributed by atoms with Crippen molar-refractivity contribution >= 4 is 0 Å². The van der Waals surface area contributed by atoms with Gasteiger partial charge in [0.25, 0.3) is 0 Å². The zero-order chi connectivity index (χ0) is 7.70. The molecule has 0 aliphatic heterocycles. The van der Waals surface area contributed by atoms with Crippen LogP contribution in [0.25, 0.3) is 0 Å². The van der Waals surface area contributed by atoms with Gasteiger partial charge in [-0.2, -0.15) is 0 Å². The van der Waals surface area contributed by atoms with Crippen LogP contribution in [0.1, 0.15) is 26.7 Å². The van der Waals surface area contributed by atoms with Gasteiger partial charge in [-0.15, -0.1) is 0 Å². The van der Waals surface area contributed by atoms with Gasteiger partial charge < -0.3 is 5.11 Å². The first-order valence-electron chi connectivity index (χ1n) is 2.92. The summed E-state index contributed by atoms with van der Waals surface area (Å²) in [6.45, 7) is 3.96. The van der Waals surface area contributed by atoms with E-state index in [9.17, 15) is 0 Å². The Morgan fingerprint density at radius 1 is 1.44 bits per heavy atom. The molecular weight excluding hydrogens is 156 g/mol. The van der Waals surface area contributed by atoms with Crippen LogP contribution in [0.5, 0.6) is 0 Å². The van der Waals surface area contributed by atoms with Gasteiger partial charge in [0.05, 0.1) is 6.10 Å². The topological polar surface area (TPSA) is 57.5 Å². The number of hydrogen-bond acceptors (Lipinski definition) is 2. The van der Waals surface area contributed by atoms with Crippen LogP contribution in [0, 0.1) is 0 Å². The normalized spacial score (nSPS) is 7.67. The van der Waals surface area contributed by atoms with Crippen molar-refractivity contribution in [2.45, 2.75) is 32.8 Å². The summed E-state index contributed by atoms with van der Waals surface area (Å²) in [5, 5.41) is 8.67. The van der Waals surface area contributed by atoms with Gasteiger partial charge in [0.1, 0.15) is 0 Å². The van der Waals surface area contributed by atoms with Gasteiger partial charge in [0.2, 0.25) is 0 Å². The van der Waals surface area contributed by atoms with E-state index in [1.165, 1.54) is 0 Å². The Labute approximate surface area is 64.8 Å². The van der Waals surface area contributed by atoms with E-state index in [0.717, 1.165) is 12.8 Å². The van der Waals surface area contributed by atoms with E-state index in [-0.39, 0.29) is 6.10 Å². The van der Waals surface area contributed by atoms with Crippen molar-refractivity contribution in [2.75, 3.05) is 0 Å². The molecular formula is C5H13O3Ti. The van der Waals surface area contributed by atoms with Crippen LogP contribution in [0.2, 0.25) is 0 Å². The molecule has 0 fully saturated rings. The molecule has 0 spiro atoms. The fraction of sp³-hybridized carbons (Fsp3) is 1.00. The zero-order valence-corrected chi connectivity index (χ0v) is 7.36. The number of rotatable bonds is 2. The van der Waals surface area contributed by atoms with Crippen LogP contribution in [-0.2, 0) is 22.8 Å². The summed E-state index contributed by atoms with van der Waals surface area (Å²) in [6.07, 6.45) is 1.71. The van der Waals surface area contributed by atoms with Gasteiger partial charge in [-0.05, 0) is 12.8 Å². The maximum absolute atomic E-state index is 8.67. The maximum atomic E-state index is 8.67. The van der Waals surface area contributed by atoms with Gasteiger partial charge in [-0.3, -0.25) is 0 Å². The van der Waals surface area contributed by atoms with Crippen LogP contribution in [-0.4, -0.2) is 14.9 Å². The van der Waals surface area contributed by atoms with E-state index in [0.29, 0.717) is 0 Å². The molecule has 0 aliphatic carbocycles. The monoisotopic (exact) mass is 169 g/mol. The van der Waals surface area contributed by atoms with E-state index in [1.54, 1.807) is 0 Å². The first-order chi connectivity index (χ1) is 4.22. The summed E-state index contributed by atoms with van der Waals surface area (Å²) >= 11 is -1.75. The van der Waals surface area contributed by atoms with Crippen molar-refractivity contribution < 1.29 is 31.6 Å². The SMILES string of the molecule is CCC(O)CC.[O]=[Ti][OH]. The van der Waals surface area contributed by atoms with E-state index in [2.05, 4.69) is 0 Å². The van der Waals surface area contributed by atoms with Gasteiger partial charge in [-0.25, -0.2) is 0 Å². The van der Waals surface area contributed by atoms with Gasteiger partial charge >= 0.3 is 26.5 Å². The summed E-state index contributed by atoms with van der Waals surface area (Å²) < 4.78 is 15.8. The zero-order valence-electron chi connectivity index (χ0n) is 5.79.